The van der Waals surface area contributed by atoms with Crippen LogP contribution in [0.15, 0.2) is 48.7 Å². The predicted molar refractivity (Wildman–Crippen MR) is 81.3 cm³/mol. The lowest BCUT2D eigenvalue weighted by atomic mass is 10.3. The molecule has 0 unspecified atom stereocenters. The fourth-order valence-electron chi connectivity index (χ4n) is 2.05. The second-order valence-electron chi connectivity index (χ2n) is 4.65. The van der Waals surface area contributed by atoms with Crippen LogP contribution in [0.2, 0.25) is 0 Å². The Labute approximate surface area is 127 Å². The number of nitrogens with zero attached hydrogens (tertiary/aromatic N) is 4. The summed E-state index contributed by atoms with van der Waals surface area (Å²) in [5, 5.41) is 11.1. The lowest BCUT2D eigenvalue weighted by Crippen LogP contribution is -2.17. The minimum absolute atomic E-state index is 0.307. The number of rotatable bonds is 4. The average molecular weight is 297 g/mol. The van der Waals surface area contributed by atoms with Crippen molar-refractivity contribution in [2.45, 2.75) is 0 Å². The van der Waals surface area contributed by atoms with Gasteiger partial charge in [0.05, 0.1) is 12.8 Å². The van der Waals surface area contributed by atoms with Gasteiger partial charge in [0.1, 0.15) is 5.69 Å². The molecule has 112 valence electrons. The van der Waals surface area contributed by atoms with E-state index in [0.29, 0.717) is 17.4 Å². The third-order valence-corrected chi connectivity index (χ3v) is 3.08. The van der Waals surface area contributed by atoms with Gasteiger partial charge in [0, 0.05) is 25.4 Å². The Hall–Kier alpha value is -3.09. The Morgan fingerprint density at radius 2 is 1.95 bits per heavy atom. The quantitative estimate of drug-likeness (QED) is 0.797. The summed E-state index contributed by atoms with van der Waals surface area (Å²) >= 11 is 0. The number of carbonyl (C=O) groups excluding carboxylic acids is 1. The number of methoxy groups -OCH3 is 1. The fourth-order valence-corrected chi connectivity index (χ4v) is 2.05. The molecule has 2 aromatic heterocycles. The van der Waals surface area contributed by atoms with Crippen LogP contribution < -0.4 is 10.1 Å². The van der Waals surface area contributed by atoms with E-state index >= 15 is 0 Å². The van der Waals surface area contributed by atoms with Crippen molar-refractivity contribution in [1.29, 1.82) is 0 Å². The minimum Gasteiger partial charge on any atom is -0.480 e. The minimum atomic E-state index is -0.307. The van der Waals surface area contributed by atoms with Gasteiger partial charge in [-0.25, -0.2) is 4.68 Å². The van der Waals surface area contributed by atoms with Crippen LogP contribution in [0.3, 0.4) is 0 Å². The molecule has 7 heteroatoms. The number of amides is 1. The maximum atomic E-state index is 12.5. The highest BCUT2D eigenvalue weighted by Gasteiger charge is 2.18. The molecule has 1 amide bonds. The Balaban J connectivity index is 1.95. The molecule has 7 nitrogen and oxygen atoms in total. The molecule has 0 saturated heterocycles. The monoisotopic (exact) mass is 297 g/mol. The third kappa shape index (κ3) is 2.69. The summed E-state index contributed by atoms with van der Waals surface area (Å²) in [6.45, 7) is 0. The molecule has 0 bridgehead atoms. The van der Waals surface area contributed by atoms with Crippen molar-refractivity contribution in [3.63, 3.8) is 0 Å². The first-order valence-corrected chi connectivity index (χ1v) is 6.68. The van der Waals surface area contributed by atoms with Crippen LogP contribution in [0.25, 0.3) is 5.69 Å². The van der Waals surface area contributed by atoms with Crippen molar-refractivity contribution < 1.29 is 9.53 Å². The summed E-state index contributed by atoms with van der Waals surface area (Å²) in [6, 6.07) is 12.7. The molecule has 1 aromatic carbocycles. The molecule has 0 aliphatic heterocycles. The van der Waals surface area contributed by atoms with Gasteiger partial charge in [0.15, 0.2) is 5.82 Å². The Morgan fingerprint density at radius 3 is 2.59 bits per heavy atom. The molecule has 0 fully saturated rings. The smallest absolute Gasteiger partial charge is 0.275 e. The van der Waals surface area contributed by atoms with Gasteiger partial charge in [-0.15, -0.1) is 5.10 Å². The number of nitrogens with one attached hydrogen (secondary N) is 1. The number of ether oxygens (including phenoxy) is 1. The van der Waals surface area contributed by atoms with Crippen LogP contribution in [0, 0.1) is 0 Å². The summed E-state index contributed by atoms with van der Waals surface area (Å²) in [5.74, 6) is 0.542. The van der Waals surface area contributed by atoms with E-state index in [1.807, 2.05) is 30.3 Å². The summed E-state index contributed by atoms with van der Waals surface area (Å²) in [5.41, 5.74) is 1.14. The van der Waals surface area contributed by atoms with Gasteiger partial charge in [0.25, 0.3) is 5.91 Å². The van der Waals surface area contributed by atoms with Crippen molar-refractivity contribution in [3.05, 3.63) is 54.4 Å². The topological polar surface area (TPSA) is 74.0 Å². The zero-order valence-corrected chi connectivity index (χ0v) is 12.2. The van der Waals surface area contributed by atoms with Crippen LogP contribution in [-0.2, 0) is 7.05 Å². The van der Waals surface area contributed by atoms with E-state index in [1.165, 1.54) is 11.8 Å². The largest absolute Gasteiger partial charge is 0.480 e. The van der Waals surface area contributed by atoms with E-state index in [2.05, 4.69) is 15.5 Å². The van der Waals surface area contributed by atoms with Crippen LogP contribution in [0.4, 0.5) is 5.82 Å². The number of aromatic nitrogens is 4. The first-order valence-electron chi connectivity index (χ1n) is 6.68. The number of benzene rings is 1. The molecule has 0 atom stereocenters. The maximum Gasteiger partial charge on any atom is 0.275 e. The van der Waals surface area contributed by atoms with E-state index in [0.717, 1.165) is 5.69 Å². The third-order valence-electron chi connectivity index (χ3n) is 3.08. The van der Waals surface area contributed by atoms with E-state index < -0.39 is 0 Å². The molecule has 0 spiro atoms. The zero-order valence-electron chi connectivity index (χ0n) is 12.2. The second kappa shape index (κ2) is 5.72. The number of para-hydroxylation sites is 1. The molecule has 3 aromatic rings. The Bertz CT molecular complexity index is 791. The first-order chi connectivity index (χ1) is 10.7. The molecule has 22 heavy (non-hydrogen) atoms. The Morgan fingerprint density at radius 1 is 1.18 bits per heavy atom. The predicted octanol–water partition coefficient (Wildman–Crippen LogP) is 1.87. The molecule has 1 N–H and O–H groups in total. The molecule has 2 heterocycles. The van der Waals surface area contributed by atoms with Gasteiger partial charge < -0.3 is 10.1 Å². The number of anilines is 1. The Kier molecular flexibility index (Phi) is 3.61. The van der Waals surface area contributed by atoms with Gasteiger partial charge >= 0.3 is 0 Å². The fraction of sp³-hybridized carbons (Fsp3) is 0.133. The van der Waals surface area contributed by atoms with E-state index in [-0.39, 0.29) is 5.91 Å². The zero-order chi connectivity index (χ0) is 15.5. The second-order valence-corrected chi connectivity index (χ2v) is 4.65. The number of aryl methyl sites for hydroxylation is 1. The van der Waals surface area contributed by atoms with Crippen molar-refractivity contribution >= 4 is 11.7 Å². The highest BCUT2D eigenvalue weighted by Crippen LogP contribution is 2.18. The van der Waals surface area contributed by atoms with Crippen molar-refractivity contribution in [3.8, 4) is 11.6 Å². The summed E-state index contributed by atoms with van der Waals surface area (Å²) < 4.78 is 8.28. The van der Waals surface area contributed by atoms with Gasteiger partial charge in [-0.05, 0) is 12.1 Å². The number of hydrogen-bond donors (Lipinski definition) is 1. The highest BCUT2D eigenvalue weighted by atomic mass is 16.5. The van der Waals surface area contributed by atoms with Gasteiger partial charge in [-0.2, -0.15) is 5.10 Å². The van der Waals surface area contributed by atoms with E-state index in [1.54, 1.807) is 30.1 Å². The summed E-state index contributed by atoms with van der Waals surface area (Å²) in [6.07, 6.45) is 1.75. The van der Waals surface area contributed by atoms with Crippen LogP contribution in [0.5, 0.6) is 5.88 Å². The molecular weight excluding hydrogens is 282 g/mol. The molecule has 3 rings (SSSR count). The van der Waals surface area contributed by atoms with Crippen molar-refractivity contribution in [2.24, 2.45) is 7.05 Å². The van der Waals surface area contributed by atoms with Crippen molar-refractivity contribution in [2.75, 3.05) is 12.4 Å². The number of hydrogen-bond acceptors (Lipinski definition) is 4. The highest BCUT2D eigenvalue weighted by molar-refractivity contribution is 6.03. The number of carbonyl (C=O) groups is 1. The lowest BCUT2D eigenvalue weighted by Gasteiger charge is -2.06. The first kappa shape index (κ1) is 13.9. The maximum absolute atomic E-state index is 12.5. The van der Waals surface area contributed by atoms with Crippen molar-refractivity contribution in [1.82, 2.24) is 19.6 Å². The van der Waals surface area contributed by atoms with Gasteiger partial charge in [-0.3, -0.25) is 9.48 Å². The van der Waals surface area contributed by atoms with Crippen LogP contribution in [0.1, 0.15) is 10.5 Å². The van der Waals surface area contributed by atoms with E-state index in [4.69, 9.17) is 4.74 Å². The van der Waals surface area contributed by atoms with Gasteiger partial charge in [0.2, 0.25) is 5.88 Å². The van der Waals surface area contributed by atoms with Crippen LogP contribution >= 0.6 is 0 Å². The standard InChI is InChI=1S/C15H15N5O2/c1-19-9-8-13(17-19)16-15(21)12-10-14(22-2)18-20(12)11-6-4-3-5-7-11/h3-10H,1-2H3,(H,16,17,21). The normalized spacial score (nSPS) is 10.5. The molecule has 0 aliphatic carbocycles. The van der Waals surface area contributed by atoms with Crippen LogP contribution in [-0.4, -0.2) is 32.6 Å². The summed E-state index contributed by atoms with van der Waals surface area (Å²) in [4.78, 5) is 12.5. The molecule has 0 saturated carbocycles. The average Bonchev–Trinajstić information content (AvgIpc) is 3.14. The summed E-state index contributed by atoms with van der Waals surface area (Å²) in [7, 11) is 3.30. The SMILES string of the molecule is COc1cc(C(=O)Nc2ccn(C)n2)n(-c2ccccc2)n1. The van der Waals surface area contributed by atoms with E-state index in [9.17, 15) is 4.79 Å². The lowest BCUT2D eigenvalue weighted by molar-refractivity contribution is 0.101. The molecule has 0 radical (unpaired) electrons. The molecular formula is C15H15N5O2. The van der Waals surface area contributed by atoms with Gasteiger partial charge in [-0.1, -0.05) is 18.2 Å². The molecule has 0 aliphatic rings.